The van der Waals surface area contributed by atoms with Gasteiger partial charge < -0.3 is 0 Å². The summed E-state index contributed by atoms with van der Waals surface area (Å²) in [7, 11) is -0.482. The van der Waals surface area contributed by atoms with Crippen LogP contribution in [0.5, 0.6) is 0 Å². The molecule has 5 rings (SSSR count). The zero-order valence-electron chi connectivity index (χ0n) is 16.4. The van der Waals surface area contributed by atoms with Crippen molar-refractivity contribution >= 4 is 51.4 Å². The number of hydrogen-bond acceptors (Lipinski definition) is 7. The fourth-order valence-electron chi connectivity index (χ4n) is 3.35. The Kier molecular flexibility index (Phi) is 4.19. The number of aliphatic imine (C=N–C) groups is 1. The van der Waals surface area contributed by atoms with E-state index in [1.165, 1.54) is 18.4 Å². The summed E-state index contributed by atoms with van der Waals surface area (Å²) in [4.78, 5) is 9.22. The van der Waals surface area contributed by atoms with E-state index in [0.717, 1.165) is 27.3 Å². The Labute approximate surface area is 173 Å². The van der Waals surface area contributed by atoms with Crippen LogP contribution in [0.1, 0.15) is 5.56 Å². The van der Waals surface area contributed by atoms with Crippen LogP contribution in [0.3, 0.4) is 0 Å². The van der Waals surface area contributed by atoms with Crippen molar-refractivity contribution in [2.24, 2.45) is 4.99 Å². The highest BCUT2D eigenvalue weighted by molar-refractivity contribution is 7.89. The van der Waals surface area contributed by atoms with Crippen LogP contribution in [0, 0.1) is 0 Å². The van der Waals surface area contributed by atoms with Crippen molar-refractivity contribution in [1.82, 2.24) is 24.1 Å². The number of hydrogen-bond donors (Lipinski definition) is 1. The Morgan fingerprint density at radius 2 is 2.07 bits per heavy atom. The molecule has 152 valence electrons. The van der Waals surface area contributed by atoms with Gasteiger partial charge in [-0.25, -0.2) is 17.7 Å². The van der Waals surface area contributed by atoms with Crippen LogP contribution < -0.4 is 16.1 Å². The molecule has 0 saturated heterocycles. The first kappa shape index (κ1) is 18.5. The van der Waals surface area contributed by atoms with Crippen molar-refractivity contribution in [3.63, 3.8) is 0 Å². The Hall–Kier alpha value is -3.50. The van der Waals surface area contributed by atoms with Crippen LogP contribution in [0.4, 0.5) is 5.69 Å². The maximum atomic E-state index is 12.4. The Bertz CT molecular complexity index is 1450. The summed E-state index contributed by atoms with van der Waals surface area (Å²) in [6.07, 6.45) is 9.23. The molecule has 10 heteroatoms. The molecule has 0 fully saturated rings. The lowest BCUT2D eigenvalue weighted by Gasteiger charge is -2.21. The van der Waals surface area contributed by atoms with Gasteiger partial charge in [-0.1, -0.05) is 6.07 Å². The molecule has 0 saturated carbocycles. The van der Waals surface area contributed by atoms with E-state index in [1.807, 2.05) is 35.3 Å². The molecule has 3 aromatic rings. The molecule has 2 aromatic heterocycles. The van der Waals surface area contributed by atoms with Gasteiger partial charge in [0.1, 0.15) is 16.4 Å². The van der Waals surface area contributed by atoms with Gasteiger partial charge in [0, 0.05) is 32.1 Å². The summed E-state index contributed by atoms with van der Waals surface area (Å²) in [6, 6.07) is 8.70. The number of nitrogens with zero attached hydrogens (tertiary/aromatic N) is 6. The molecule has 0 spiro atoms. The summed E-state index contributed by atoms with van der Waals surface area (Å²) in [6.45, 7) is 0.631. The molecule has 2 aliphatic heterocycles. The van der Waals surface area contributed by atoms with Gasteiger partial charge in [0.2, 0.25) is 10.0 Å². The third kappa shape index (κ3) is 3.06. The summed E-state index contributed by atoms with van der Waals surface area (Å²) >= 11 is 0. The van der Waals surface area contributed by atoms with Gasteiger partial charge in [0.05, 0.1) is 34.9 Å². The number of hydrazine groups is 1. The molecule has 1 N–H and O–H groups in total. The molecular formula is C20H19N7O2S. The standard InChI is InChI=1S/C20H19N7O2S/c1-25(2)30(28,29)16-5-3-4-15(11-16)23-26-8-6-14-10-17-20(22-18(14)13-26)19-12-21-7-9-27(19)24-17/h3-8,10-13,23H,9H2,1-2H3. The van der Waals surface area contributed by atoms with Crippen molar-refractivity contribution in [1.29, 1.82) is 0 Å². The summed E-state index contributed by atoms with van der Waals surface area (Å²) in [5.74, 6) is 0. The number of anilines is 1. The van der Waals surface area contributed by atoms with Gasteiger partial charge in [-0.15, -0.1) is 0 Å². The number of aromatic nitrogens is 3. The quantitative estimate of drug-likeness (QED) is 0.661. The van der Waals surface area contributed by atoms with Gasteiger partial charge in [-0.2, -0.15) is 5.10 Å². The van der Waals surface area contributed by atoms with Crippen LogP contribution in [0.15, 0.2) is 46.4 Å². The second-order valence-electron chi connectivity index (χ2n) is 7.14. The maximum absolute atomic E-state index is 12.4. The number of sulfonamides is 1. The molecular weight excluding hydrogens is 402 g/mol. The van der Waals surface area contributed by atoms with Crippen molar-refractivity contribution in [3.8, 4) is 0 Å². The normalized spacial score (nSPS) is 15.0. The summed E-state index contributed by atoms with van der Waals surface area (Å²) in [5, 5.41) is 8.01. The van der Waals surface area contributed by atoms with E-state index in [2.05, 4.69) is 15.5 Å². The van der Waals surface area contributed by atoms with Crippen molar-refractivity contribution < 1.29 is 8.42 Å². The van der Waals surface area contributed by atoms with E-state index in [1.54, 1.807) is 35.6 Å². The molecule has 0 atom stereocenters. The molecule has 0 unspecified atom stereocenters. The number of rotatable bonds is 4. The molecule has 0 bridgehead atoms. The number of pyridine rings is 1. The van der Waals surface area contributed by atoms with E-state index in [4.69, 9.17) is 4.98 Å². The molecule has 0 amide bonds. The molecule has 30 heavy (non-hydrogen) atoms. The monoisotopic (exact) mass is 421 g/mol. The first-order valence-electron chi connectivity index (χ1n) is 9.29. The van der Waals surface area contributed by atoms with Crippen LogP contribution in [-0.2, 0) is 16.6 Å². The lowest BCUT2D eigenvalue weighted by atomic mass is 10.2. The number of fused-ring (bicyclic) bond motifs is 4. The lowest BCUT2D eigenvalue weighted by Crippen LogP contribution is -2.28. The molecule has 2 aliphatic rings. The maximum Gasteiger partial charge on any atom is 0.242 e. The minimum absolute atomic E-state index is 0.223. The fourth-order valence-corrected chi connectivity index (χ4v) is 4.29. The smallest absolute Gasteiger partial charge is 0.242 e. The molecule has 1 aromatic carbocycles. The van der Waals surface area contributed by atoms with Crippen molar-refractivity contribution in [2.75, 3.05) is 19.5 Å². The van der Waals surface area contributed by atoms with E-state index in [9.17, 15) is 8.42 Å². The second kappa shape index (κ2) is 6.78. The van der Waals surface area contributed by atoms with E-state index in [-0.39, 0.29) is 4.90 Å². The first-order chi connectivity index (χ1) is 14.4. The highest BCUT2D eigenvalue weighted by atomic mass is 32.2. The predicted molar refractivity (Wildman–Crippen MR) is 116 cm³/mol. The Morgan fingerprint density at radius 1 is 1.20 bits per heavy atom. The lowest BCUT2D eigenvalue weighted by molar-refractivity contribution is 0.520. The second-order valence-corrected chi connectivity index (χ2v) is 9.29. The Balaban J connectivity index is 1.50. The van der Waals surface area contributed by atoms with Gasteiger partial charge >= 0.3 is 0 Å². The van der Waals surface area contributed by atoms with Crippen molar-refractivity contribution in [3.05, 3.63) is 52.8 Å². The van der Waals surface area contributed by atoms with Crippen LogP contribution in [-0.4, -0.2) is 52.8 Å². The molecule has 0 aliphatic carbocycles. The SMILES string of the molecule is CN(C)S(=O)(=O)c1cccc(NN2C=Cc3cc4nn5c(c4nc3=C2)=CN=CC5)c1. The van der Waals surface area contributed by atoms with Crippen molar-refractivity contribution in [2.45, 2.75) is 11.4 Å². The number of nitrogens with one attached hydrogen (secondary N) is 1. The third-order valence-corrected chi connectivity index (χ3v) is 6.73. The average molecular weight is 421 g/mol. The number of benzene rings is 1. The topological polar surface area (TPSA) is 95.7 Å². The summed E-state index contributed by atoms with van der Waals surface area (Å²) in [5.41, 5.74) is 6.43. The minimum atomic E-state index is -3.51. The predicted octanol–water partition coefficient (Wildman–Crippen LogP) is 0.555. The van der Waals surface area contributed by atoms with Gasteiger partial charge in [0.15, 0.2) is 0 Å². The zero-order chi connectivity index (χ0) is 20.9. The van der Waals surface area contributed by atoms with Gasteiger partial charge in [0.25, 0.3) is 0 Å². The van der Waals surface area contributed by atoms with Crippen LogP contribution >= 0.6 is 0 Å². The molecule has 4 heterocycles. The van der Waals surface area contributed by atoms with Gasteiger partial charge in [-0.05, 0) is 30.3 Å². The highest BCUT2D eigenvalue weighted by Gasteiger charge is 2.18. The van der Waals surface area contributed by atoms with E-state index >= 15 is 0 Å². The summed E-state index contributed by atoms with van der Waals surface area (Å²) < 4.78 is 27.9. The van der Waals surface area contributed by atoms with E-state index < -0.39 is 10.0 Å². The fraction of sp³-hybridized carbons (Fsp3) is 0.150. The largest absolute Gasteiger partial charge is 0.295 e. The highest BCUT2D eigenvalue weighted by Crippen LogP contribution is 2.19. The van der Waals surface area contributed by atoms with Crippen LogP contribution in [0.2, 0.25) is 0 Å². The average Bonchev–Trinajstić information content (AvgIpc) is 3.09. The Morgan fingerprint density at radius 3 is 2.90 bits per heavy atom. The molecule has 0 radical (unpaired) electrons. The van der Waals surface area contributed by atoms with Gasteiger partial charge in [-0.3, -0.25) is 20.1 Å². The van der Waals surface area contributed by atoms with E-state index in [0.29, 0.717) is 12.2 Å². The van der Waals surface area contributed by atoms with Crippen LogP contribution in [0.25, 0.3) is 29.5 Å². The third-order valence-electron chi connectivity index (χ3n) is 4.92. The zero-order valence-corrected chi connectivity index (χ0v) is 17.2. The molecule has 9 nitrogen and oxygen atoms in total. The first-order valence-corrected chi connectivity index (χ1v) is 10.7. The minimum Gasteiger partial charge on any atom is -0.295 e.